The molecule has 3 aromatic carbocycles. The van der Waals surface area contributed by atoms with E-state index in [9.17, 15) is 4.79 Å². The standard InChI is InChI=1S/C34H38N4O2/c1-2-31(26-10-5-3-6-11-26)34(28-15-18-32-29(24-28)25-36-37-32)27-13-16-30(17-14-27)40-23-20-35-19-9-12-33(39)38-21-7-4-8-22-38/h3,5-6,9-18,24-25,35H,2,4,7-8,19-23H2,1H3,(H,36,37)/b12-9+,34-31+. The summed E-state index contributed by atoms with van der Waals surface area (Å²) < 4.78 is 6.00. The zero-order valence-corrected chi connectivity index (χ0v) is 23.2. The Labute approximate surface area is 236 Å². The minimum absolute atomic E-state index is 0.120. The Kier molecular flexibility index (Phi) is 9.43. The molecule has 1 amide bonds. The minimum Gasteiger partial charge on any atom is -0.492 e. The molecule has 1 saturated heterocycles. The molecule has 1 aromatic heterocycles. The van der Waals surface area contributed by atoms with Crippen LogP contribution < -0.4 is 10.1 Å². The fourth-order valence-corrected chi connectivity index (χ4v) is 5.30. The van der Waals surface area contributed by atoms with Crippen molar-refractivity contribution in [1.29, 1.82) is 0 Å². The maximum absolute atomic E-state index is 12.2. The predicted molar refractivity (Wildman–Crippen MR) is 163 cm³/mol. The molecule has 6 nitrogen and oxygen atoms in total. The van der Waals surface area contributed by atoms with Crippen LogP contribution in [0.3, 0.4) is 0 Å². The van der Waals surface area contributed by atoms with E-state index in [2.05, 4.69) is 83.1 Å². The summed E-state index contributed by atoms with van der Waals surface area (Å²) in [6.45, 7) is 5.88. The summed E-state index contributed by atoms with van der Waals surface area (Å²) in [5, 5.41) is 11.7. The number of ether oxygens (including phenoxy) is 1. The molecule has 1 fully saturated rings. The maximum atomic E-state index is 12.2. The number of nitrogens with zero attached hydrogens (tertiary/aromatic N) is 2. The van der Waals surface area contributed by atoms with Gasteiger partial charge in [-0.25, -0.2) is 0 Å². The SMILES string of the molecule is CC/C(=C(/c1ccc(OCCNC/C=C/C(=O)N2CCCCC2)cc1)c1ccc2[nH]ncc2c1)c1ccccc1. The largest absolute Gasteiger partial charge is 0.492 e. The smallest absolute Gasteiger partial charge is 0.246 e. The highest BCUT2D eigenvalue weighted by atomic mass is 16.5. The number of benzene rings is 3. The van der Waals surface area contributed by atoms with Gasteiger partial charge in [0.15, 0.2) is 0 Å². The number of fused-ring (bicyclic) bond motifs is 1. The number of aromatic nitrogens is 2. The molecule has 1 aliphatic rings. The van der Waals surface area contributed by atoms with E-state index in [1.165, 1.54) is 28.7 Å². The quantitative estimate of drug-likeness (QED) is 0.131. The number of allylic oxidation sites excluding steroid dienone is 1. The monoisotopic (exact) mass is 534 g/mol. The number of piperidine rings is 1. The third-order valence-corrected chi connectivity index (χ3v) is 7.39. The highest BCUT2D eigenvalue weighted by Crippen LogP contribution is 2.36. The van der Waals surface area contributed by atoms with Gasteiger partial charge in [-0.2, -0.15) is 5.10 Å². The van der Waals surface area contributed by atoms with Gasteiger partial charge >= 0.3 is 0 Å². The lowest BCUT2D eigenvalue weighted by atomic mass is 9.88. The summed E-state index contributed by atoms with van der Waals surface area (Å²) >= 11 is 0. The number of hydrogen-bond donors (Lipinski definition) is 2. The van der Waals surface area contributed by atoms with Gasteiger partial charge in [-0.1, -0.05) is 61.5 Å². The number of hydrogen-bond acceptors (Lipinski definition) is 4. The van der Waals surface area contributed by atoms with Crippen LogP contribution in [-0.4, -0.2) is 53.8 Å². The average Bonchev–Trinajstić information content (AvgIpc) is 3.49. The highest BCUT2D eigenvalue weighted by molar-refractivity contribution is 6.00. The first-order chi connectivity index (χ1) is 19.7. The van der Waals surface area contributed by atoms with E-state index in [0.717, 1.165) is 54.6 Å². The molecule has 0 atom stereocenters. The number of carbonyl (C=O) groups is 1. The van der Waals surface area contributed by atoms with E-state index in [0.29, 0.717) is 19.7 Å². The molecule has 1 aliphatic heterocycles. The lowest BCUT2D eigenvalue weighted by molar-refractivity contribution is -0.126. The lowest BCUT2D eigenvalue weighted by Gasteiger charge is -2.25. The van der Waals surface area contributed by atoms with Gasteiger partial charge in [0.05, 0.1) is 11.7 Å². The Balaban J connectivity index is 1.23. The van der Waals surface area contributed by atoms with Crippen molar-refractivity contribution in [2.24, 2.45) is 0 Å². The van der Waals surface area contributed by atoms with E-state index in [1.807, 2.05) is 29.3 Å². The molecule has 0 saturated carbocycles. The normalized spacial score (nSPS) is 14.5. The number of amides is 1. The summed E-state index contributed by atoms with van der Waals surface area (Å²) in [7, 11) is 0. The second kappa shape index (κ2) is 13.8. The van der Waals surface area contributed by atoms with Crippen molar-refractivity contribution in [1.82, 2.24) is 20.4 Å². The first kappa shape index (κ1) is 27.4. The van der Waals surface area contributed by atoms with Crippen LogP contribution in [0.15, 0.2) is 91.1 Å². The first-order valence-corrected chi connectivity index (χ1v) is 14.3. The van der Waals surface area contributed by atoms with Crippen molar-refractivity contribution in [3.63, 3.8) is 0 Å². The number of carbonyl (C=O) groups excluding carboxylic acids is 1. The third kappa shape index (κ3) is 6.88. The maximum Gasteiger partial charge on any atom is 0.246 e. The molecule has 6 heteroatoms. The molecule has 0 aliphatic carbocycles. The van der Waals surface area contributed by atoms with E-state index in [-0.39, 0.29) is 5.91 Å². The average molecular weight is 535 g/mol. The van der Waals surface area contributed by atoms with Crippen LogP contribution in [-0.2, 0) is 4.79 Å². The number of H-pyrrole nitrogens is 1. The molecular formula is C34H38N4O2. The van der Waals surface area contributed by atoms with Crippen LogP contribution >= 0.6 is 0 Å². The zero-order valence-electron chi connectivity index (χ0n) is 23.2. The predicted octanol–water partition coefficient (Wildman–Crippen LogP) is 6.47. The molecule has 40 heavy (non-hydrogen) atoms. The molecule has 0 unspecified atom stereocenters. The Morgan fingerprint density at radius 2 is 1.75 bits per heavy atom. The second-order valence-corrected chi connectivity index (χ2v) is 10.1. The molecule has 0 radical (unpaired) electrons. The third-order valence-electron chi connectivity index (χ3n) is 7.39. The van der Waals surface area contributed by atoms with Crippen molar-refractivity contribution in [2.75, 3.05) is 32.8 Å². The Morgan fingerprint density at radius 3 is 2.52 bits per heavy atom. The number of aromatic amines is 1. The van der Waals surface area contributed by atoms with Gasteiger partial charge in [0.2, 0.25) is 5.91 Å². The summed E-state index contributed by atoms with van der Waals surface area (Å²) in [4.78, 5) is 14.1. The van der Waals surface area contributed by atoms with E-state index in [1.54, 1.807) is 6.08 Å². The van der Waals surface area contributed by atoms with Gasteiger partial charge in [0, 0.05) is 37.6 Å². The summed E-state index contributed by atoms with van der Waals surface area (Å²) in [5.74, 6) is 0.957. The van der Waals surface area contributed by atoms with Gasteiger partial charge in [0.25, 0.3) is 0 Å². The van der Waals surface area contributed by atoms with Crippen molar-refractivity contribution in [3.05, 3.63) is 108 Å². The van der Waals surface area contributed by atoms with Crippen molar-refractivity contribution in [2.45, 2.75) is 32.6 Å². The van der Waals surface area contributed by atoms with Gasteiger partial charge in [-0.15, -0.1) is 0 Å². The van der Waals surface area contributed by atoms with Crippen LogP contribution in [0, 0.1) is 0 Å². The fraction of sp³-hybridized carbons (Fsp3) is 0.294. The Hall–Kier alpha value is -4.16. The molecular weight excluding hydrogens is 496 g/mol. The summed E-state index contributed by atoms with van der Waals surface area (Å²) in [6.07, 6.45) is 9.82. The van der Waals surface area contributed by atoms with Crippen LogP contribution in [0.4, 0.5) is 0 Å². The molecule has 2 N–H and O–H groups in total. The van der Waals surface area contributed by atoms with Crippen molar-refractivity contribution >= 4 is 28.0 Å². The van der Waals surface area contributed by atoms with Gasteiger partial charge in [-0.05, 0) is 77.8 Å². The number of nitrogens with one attached hydrogen (secondary N) is 2. The molecule has 0 spiro atoms. The van der Waals surface area contributed by atoms with Crippen LogP contribution in [0.2, 0.25) is 0 Å². The van der Waals surface area contributed by atoms with Gasteiger partial charge < -0.3 is 15.0 Å². The topological polar surface area (TPSA) is 70.2 Å². The van der Waals surface area contributed by atoms with Crippen LogP contribution in [0.5, 0.6) is 5.75 Å². The van der Waals surface area contributed by atoms with Crippen molar-refractivity contribution < 1.29 is 9.53 Å². The lowest BCUT2D eigenvalue weighted by Crippen LogP contribution is -2.34. The van der Waals surface area contributed by atoms with Crippen molar-refractivity contribution in [3.8, 4) is 5.75 Å². The molecule has 2 heterocycles. The Morgan fingerprint density at radius 1 is 0.975 bits per heavy atom. The summed E-state index contributed by atoms with van der Waals surface area (Å²) in [5.41, 5.74) is 7.09. The second-order valence-electron chi connectivity index (χ2n) is 10.1. The summed E-state index contributed by atoms with van der Waals surface area (Å²) in [6, 6.07) is 25.4. The van der Waals surface area contributed by atoms with Crippen LogP contribution in [0.25, 0.3) is 22.0 Å². The fourth-order valence-electron chi connectivity index (χ4n) is 5.30. The van der Waals surface area contributed by atoms with E-state index in [4.69, 9.17) is 4.74 Å². The van der Waals surface area contributed by atoms with Crippen LogP contribution in [0.1, 0.15) is 49.3 Å². The first-order valence-electron chi connectivity index (χ1n) is 14.3. The van der Waals surface area contributed by atoms with Gasteiger partial charge in [0.1, 0.15) is 12.4 Å². The van der Waals surface area contributed by atoms with Gasteiger partial charge in [-0.3, -0.25) is 9.89 Å². The highest BCUT2D eigenvalue weighted by Gasteiger charge is 2.15. The molecule has 0 bridgehead atoms. The zero-order chi connectivity index (χ0) is 27.6. The van der Waals surface area contributed by atoms with E-state index < -0.39 is 0 Å². The minimum atomic E-state index is 0.120. The molecule has 206 valence electrons. The number of rotatable bonds is 11. The molecule has 5 rings (SSSR count). The number of likely N-dealkylation sites (tertiary alicyclic amines) is 1. The van der Waals surface area contributed by atoms with E-state index >= 15 is 0 Å². The molecule has 4 aromatic rings. The Bertz CT molecular complexity index is 1450.